The van der Waals surface area contributed by atoms with Crippen molar-refractivity contribution in [2.45, 2.75) is 18.9 Å². The third-order valence-corrected chi connectivity index (χ3v) is 3.88. The summed E-state index contributed by atoms with van der Waals surface area (Å²) in [5.74, 6) is 0.323. The zero-order chi connectivity index (χ0) is 15.2. The largest absolute Gasteiger partial charge is 0.379 e. The molecule has 2 aromatic rings. The summed E-state index contributed by atoms with van der Waals surface area (Å²) in [6.07, 6.45) is 8.26. The Bertz CT molecular complexity index is 604. The number of ether oxygens (including phenoxy) is 1. The van der Waals surface area contributed by atoms with Crippen molar-refractivity contribution in [2.24, 2.45) is 5.92 Å². The molecule has 114 valence electrons. The van der Waals surface area contributed by atoms with Gasteiger partial charge in [0.15, 0.2) is 0 Å². The molecule has 1 saturated heterocycles. The fourth-order valence-corrected chi connectivity index (χ4v) is 2.73. The molecular formula is C17H19N3O2. The number of nitrogens with zero attached hydrogens (tertiary/aromatic N) is 2. The Hall–Kier alpha value is -2.27. The van der Waals surface area contributed by atoms with Gasteiger partial charge in [-0.3, -0.25) is 14.8 Å². The molecule has 0 spiro atoms. The number of hydrogen-bond donors (Lipinski definition) is 1. The van der Waals surface area contributed by atoms with Crippen LogP contribution in [-0.4, -0.2) is 35.1 Å². The molecule has 0 aliphatic carbocycles. The first-order valence-electron chi connectivity index (χ1n) is 7.46. The van der Waals surface area contributed by atoms with Gasteiger partial charge in [0.2, 0.25) is 5.91 Å². The van der Waals surface area contributed by atoms with Gasteiger partial charge in [0, 0.05) is 30.7 Å². The fraction of sp³-hybridized carbons (Fsp3) is 0.353. The van der Waals surface area contributed by atoms with E-state index in [0.29, 0.717) is 25.6 Å². The maximum Gasteiger partial charge on any atom is 0.224 e. The SMILES string of the molecule is O=C(Cc1cccnc1)N[C@@H]1COC[C@H]1Cc1ccncc1. The van der Waals surface area contributed by atoms with Crippen molar-refractivity contribution in [1.29, 1.82) is 0 Å². The van der Waals surface area contributed by atoms with E-state index < -0.39 is 0 Å². The van der Waals surface area contributed by atoms with E-state index in [4.69, 9.17) is 4.74 Å². The number of aromatic nitrogens is 2. The first kappa shape index (κ1) is 14.7. The second kappa shape index (κ2) is 7.13. The van der Waals surface area contributed by atoms with Crippen molar-refractivity contribution < 1.29 is 9.53 Å². The summed E-state index contributed by atoms with van der Waals surface area (Å²) in [7, 11) is 0. The molecule has 5 heteroatoms. The lowest BCUT2D eigenvalue weighted by molar-refractivity contribution is -0.121. The van der Waals surface area contributed by atoms with Crippen LogP contribution in [0.25, 0.3) is 0 Å². The van der Waals surface area contributed by atoms with Gasteiger partial charge in [0.25, 0.3) is 0 Å². The maximum atomic E-state index is 12.2. The van der Waals surface area contributed by atoms with Crippen molar-refractivity contribution in [2.75, 3.05) is 13.2 Å². The summed E-state index contributed by atoms with van der Waals surface area (Å²) >= 11 is 0. The highest BCUT2D eigenvalue weighted by atomic mass is 16.5. The van der Waals surface area contributed by atoms with Crippen molar-refractivity contribution in [1.82, 2.24) is 15.3 Å². The highest BCUT2D eigenvalue weighted by Gasteiger charge is 2.29. The maximum absolute atomic E-state index is 12.2. The predicted molar refractivity (Wildman–Crippen MR) is 82.1 cm³/mol. The molecule has 3 heterocycles. The molecule has 2 atom stereocenters. The molecule has 0 saturated carbocycles. The highest BCUT2D eigenvalue weighted by molar-refractivity contribution is 5.78. The number of nitrogens with one attached hydrogen (secondary N) is 1. The van der Waals surface area contributed by atoms with E-state index in [1.807, 2.05) is 24.3 Å². The van der Waals surface area contributed by atoms with E-state index in [9.17, 15) is 4.79 Å². The summed E-state index contributed by atoms with van der Waals surface area (Å²) in [6, 6.07) is 7.83. The molecule has 2 aromatic heterocycles. The van der Waals surface area contributed by atoms with Crippen molar-refractivity contribution in [3.63, 3.8) is 0 Å². The van der Waals surface area contributed by atoms with Gasteiger partial charge < -0.3 is 10.1 Å². The normalized spacial score (nSPS) is 20.7. The summed E-state index contributed by atoms with van der Waals surface area (Å²) in [6.45, 7) is 1.26. The van der Waals surface area contributed by atoms with Gasteiger partial charge in [-0.2, -0.15) is 0 Å². The summed E-state index contributed by atoms with van der Waals surface area (Å²) in [4.78, 5) is 20.2. The van der Waals surface area contributed by atoms with Gasteiger partial charge in [0.05, 0.1) is 25.7 Å². The van der Waals surface area contributed by atoms with E-state index in [2.05, 4.69) is 15.3 Å². The molecule has 0 radical (unpaired) electrons. The van der Waals surface area contributed by atoms with Gasteiger partial charge in [-0.05, 0) is 35.7 Å². The molecule has 1 amide bonds. The number of carbonyl (C=O) groups excluding carboxylic acids is 1. The zero-order valence-electron chi connectivity index (χ0n) is 12.3. The van der Waals surface area contributed by atoms with E-state index >= 15 is 0 Å². The first-order valence-corrected chi connectivity index (χ1v) is 7.46. The Kier molecular flexibility index (Phi) is 4.75. The third-order valence-electron chi connectivity index (χ3n) is 3.88. The summed E-state index contributed by atoms with van der Waals surface area (Å²) in [5, 5.41) is 3.09. The molecule has 0 unspecified atom stereocenters. The minimum absolute atomic E-state index is 0.0169. The minimum Gasteiger partial charge on any atom is -0.379 e. The minimum atomic E-state index is 0.0169. The molecule has 0 aromatic carbocycles. The van der Waals surface area contributed by atoms with Crippen LogP contribution >= 0.6 is 0 Å². The quantitative estimate of drug-likeness (QED) is 0.906. The standard InChI is InChI=1S/C17H19N3O2/c21-17(9-14-2-1-5-19-10-14)20-16-12-22-11-15(16)8-13-3-6-18-7-4-13/h1-7,10,15-16H,8-9,11-12H2,(H,20,21)/t15-,16-/m1/s1. The van der Waals surface area contributed by atoms with Gasteiger partial charge in [-0.15, -0.1) is 0 Å². The predicted octanol–water partition coefficient (Wildman–Crippen LogP) is 1.39. The Balaban J connectivity index is 1.55. The summed E-state index contributed by atoms with van der Waals surface area (Å²) < 4.78 is 5.55. The van der Waals surface area contributed by atoms with Crippen LogP contribution in [0.4, 0.5) is 0 Å². The number of hydrogen-bond acceptors (Lipinski definition) is 4. The lowest BCUT2D eigenvalue weighted by Gasteiger charge is -2.19. The van der Waals surface area contributed by atoms with Crippen LogP contribution in [0.3, 0.4) is 0 Å². The molecule has 1 aliphatic rings. The molecule has 1 aliphatic heterocycles. The van der Waals surface area contributed by atoms with Gasteiger partial charge in [-0.25, -0.2) is 0 Å². The number of rotatable bonds is 5. The van der Waals surface area contributed by atoms with Crippen LogP contribution in [-0.2, 0) is 22.4 Å². The Morgan fingerprint density at radius 3 is 2.77 bits per heavy atom. The van der Waals surface area contributed by atoms with Crippen LogP contribution in [0, 0.1) is 5.92 Å². The molecule has 1 fully saturated rings. The van der Waals surface area contributed by atoms with E-state index in [0.717, 1.165) is 12.0 Å². The summed E-state index contributed by atoms with van der Waals surface area (Å²) in [5.41, 5.74) is 2.14. The average Bonchev–Trinajstić information content (AvgIpc) is 2.96. The number of pyridine rings is 2. The van der Waals surface area contributed by atoms with Gasteiger partial charge >= 0.3 is 0 Å². The first-order chi connectivity index (χ1) is 10.8. The monoisotopic (exact) mass is 297 g/mol. The topological polar surface area (TPSA) is 64.1 Å². The van der Waals surface area contributed by atoms with Crippen molar-refractivity contribution >= 4 is 5.91 Å². The second-order valence-corrected chi connectivity index (χ2v) is 5.57. The number of amides is 1. The van der Waals surface area contributed by atoms with Crippen molar-refractivity contribution in [3.05, 3.63) is 60.2 Å². The Morgan fingerprint density at radius 2 is 2.00 bits per heavy atom. The van der Waals surface area contributed by atoms with Crippen LogP contribution < -0.4 is 5.32 Å². The van der Waals surface area contributed by atoms with Gasteiger partial charge in [-0.1, -0.05) is 6.07 Å². The smallest absolute Gasteiger partial charge is 0.224 e. The lowest BCUT2D eigenvalue weighted by Crippen LogP contribution is -2.41. The van der Waals surface area contributed by atoms with Crippen LogP contribution in [0.5, 0.6) is 0 Å². The Morgan fingerprint density at radius 1 is 1.14 bits per heavy atom. The lowest BCUT2D eigenvalue weighted by atomic mass is 9.95. The Labute approximate surface area is 129 Å². The number of carbonyl (C=O) groups is 1. The molecule has 5 nitrogen and oxygen atoms in total. The highest BCUT2D eigenvalue weighted by Crippen LogP contribution is 2.19. The van der Waals surface area contributed by atoms with Crippen LogP contribution in [0.15, 0.2) is 49.1 Å². The van der Waals surface area contributed by atoms with Crippen molar-refractivity contribution in [3.8, 4) is 0 Å². The van der Waals surface area contributed by atoms with Crippen LogP contribution in [0.1, 0.15) is 11.1 Å². The second-order valence-electron chi connectivity index (χ2n) is 5.57. The van der Waals surface area contributed by atoms with Crippen LogP contribution in [0.2, 0.25) is 0 Å². The molecular weight excluding hydrogens is 278 g/mol. The molecule has 1 N–H and O–H groups in total. The van der Waals surface area contributed by atoms with E-state index in [1.54, 1.807) is 24.8 Å². The van der Waals surface area contributed by atoms with E-state index in [1.165, 1.54) is 5.56 Å². The molecule has 0 bridgehead atoms. The molecule has 3 rings (SSSR count). The van der Waals surface area contributed by atoms with E-state index in [-0.39, 0.29) is 11.9 Å². The van der Waals surface area contributed by atoms with Gasteiger partial charge in [0.1, 0.15) is 0 Å². The zero-order valence-corrected chi connectivity index (χ0v) is 12.3. The average molecular weight is 297 g/mol. The fourth-order valence-electron chi connectivity index (χ4n) is 2.73. The molecule has 22 heavy (non-hydrogen) atoms. The third kappa shape index (κ3) is 3.89.